The minimum atomic E-state index is -0.0294. The number of ether oxygens (including phenoxy) is 1. The van der Waals surface area contributed by atoms with Crippen molar-refractivity contribution < 1.29 is 9.53 Å². The van der Waals surface area contributed by atoms with Crippen molar-refractivity contribution >= 4 is 11.6 Å². The van der Waals surface area contributed by atoms with Crippen molar-refractivity contribution in [2.45, 2.75) is 13.8 Å². The lowest BCUT2D eigenvalue weighted by Crippen LogP contribution is -2.49. The molecular formula is C18H22N4O2. The third-order valence-corrected chi connectivity index (χ3v) is 4.54. The predicted molar refractivity (Wildman–Crippen MR) is 92.6 cm³/mol. The van der Waals surface area contributed by atoms with Gasteiger partial charge in [-0.1, -0.05) is 12.1 Å². The van der Waals surface area contributed by atoms with Crippen molar-refractivity contribution in [2.24, 2.45) is 0 Å². The number of carbonyl (C=O) groups excluding carboxylic acids is 1. The van der Waals surface area contributed by atoms with E-state index in [-0.39, 0.29) is 11.9 Å². The van der Waals surface area contributed by atoms with Gasteiger partial charge >= 0.3 is 6.01 Å². The highest BCUT2D eigenvalue weighted by molar-refractivity contribution is 5.93. The predicted octanol–water partition coefficient (Wildman–Crippen LogP) is 2.06. The molecule has 1 saturated heterocycles. The fourth-order valence-corrected chi connectivity index (χ4v) is 2.94. The minimum absolute atomic E-state index is 0.0294. The van der Waals surface area contributed by atoms with Gasteiger partial charge in [-0.25, -0.2) is 9.97 Å². The van der Waals surface area contributed by atoms with Crippen LogP contribution in [0.1, 0.15) is 21.5 Å². The average Bonchev–Trinajstić information content (AvgIpc) is 2.64. The largest absolute Gasteiger partial charge is 0.467 e. The van der Waals surface area contributed by atoms with E-state index in [2.05, 4.69) is 46.9 Å². The van der Waals surface area contributed by atoms with Gasteiger partial charge in [-0.3, -0.25) is 4.79 Å². The summed E-state index contributed by atoms with van der Waals surface area (Å²) in [5, 5.41) is 0. The number of methoxy groups -OCH3 is 1. The summed E-state index contributed by atoms with van der Waals surface area (Å²) in [4.78, 5) is 24.8. The fourth-order valence-electron chi connectivity index (χ4n) is 2.94. The molecule has 1 aliphatic heterocycles. The molecule has 1 aliphatic rings. The van der Waals surface area contributed by atoms with Crippen molar-refractivity contribution in [3.05, 3.63) is 47.3 Å². The molecule has 0 N–H and O–H groups in total. The standard InChI is InChI=1S/C18H22N4O2/c1-13-5-4-6-16(14(13)2)21-7-9-22(10-8-21)17(23)15-11-19-18(24-3)20-12-15/h4-6,11-12H,7-10H2,1-3H3. The number of nitrogens with zero attached hydrogens (tertiary/aromatic N) is 4. The van der Waals surface area contributed by atoms with Crippen LogP contribution in [0.5, 0.6) is 6.01 Å². The van der Waals surface area contributed by atoms with Gasteiger partial charge < -0.3 is 14.5 Å². The molecule has 0 radical (unpaired) electrons. The highest BCUT2D eigenvalue weighted by Gasteiger charge is 2.23. The van der Waals surface area contributed by atoms with Gasteiger partial charge in [0.25, 0.3) is 5.91 Å². The molecule has 1 amide bonds. The maximum Gasteiger partial charge on any atom is 0.316 e. The number of carbonyl (C=O) groups is 1. The number of anilines is 1. The lowest BCUT2D eigenvalue weighted by Gasteiger charge is -2.37. The van der Waals surface area contributed by atoms with E-state index in [4.69, 9.17) is 4.74 Å². The zero-order chi connectivity index (χ0) is 17.1. The summed E-state index contributed by atoms with van der Waals surface area (Å²) in [6.07, 6.45) is 3.04. The molecule has 0 spiro atoms. The Bertz CT molecular complexity index is 722. The van der Waals surface area contributed by atoms with Crippen molar-refractivity contribution in [1.29, 1.82) is 0 Å². The number of piperazine rings is 1. The molecule has 0 saturated carbocycles. The normalized spacial score (nSPS) is 14.6. The average molecular weight is 326 g/mol. The summed E-state index contributed by atoms with van der Waals surface area (Å²) >= 11 is 0. The molecule has 6 heteroatoms. The summed E-state index contributed by atoms with van der Waals surface area (Å²) in [7, 11) is 1.50. The first-order valence-electron chi connectivity index (χ1n) is 8.06. The molecule has 1 fully saturated rings. The molecule has 24 heavy (non-hydrogen) atoms. The van der Waals surface area contributed by atoms with Crippen molar-refractivity contribution in [1.82, 2.24) is 14.9 Å². The lowest BCUT2D eigenvalue weighted by atomic mass is 10.1. The van der Waals surface area contributed by atoms with Crippen LogP contribution >= 0.6 is 0 Å². The molecule has 3 rings (SSSR count). The summed E-state index contributed by atoms with van der Waals surface area (Å²) in [5.41, 5.74) is 4.35. The van der Waals surface area contributed by atoms with E-state index in [1.165, 1.54) is 36.3 Å². The molecule has 2 heterocycles. The third kappa shape index (κ3) is 3.18. The summed E-state index contributed by atoms with van der Waals surface area (Å²) in [6, 6.07) is 6.63. The van der Waals surface area contributed by atoms with E-state index in [1.54, 1.807) is 0 Å². The number of aryl methyl sites for hydroxylation is 1. The molecule has 1 aromatic heterocycles. The van der Waals surface area contributed by atoms with E-state index >= 15 is 0 Å². The Morgan fingerprint density at radius 1 is 1.08 bits per heavy atom. The van der Waals surface area contributed by atoms with Gasteiger partial charge in [0.1, 0.15) is 0 Å². The topological polar surface area (TPSA) is 58.6 Å². The minimum Gasteiger partial charge on any atom is -0.467 e. The highest BCUT2D eigenvalue weighted by atomic mass is 16.5. The number of rotatable bonds is 3. The van der Waals surface area contributed by atoms with Crippen LogP contribution < -0.4 is 9.64 Å². The molecule has 1 aromatic carbocycles. The monoisotopic (exact) mass is 326 g/mol. The zero-order valence-corrected chi connectivity index (χ0v) is 14.3. The van der Waals surface area contributed by atoms with Crippen LogP contribution in [-0.4, -0.2) is 54.1 Å². The van der Waals surface area contributed by atoms with Crippen LogP contribution in [0, 0.1) is 13.8 Å². The Balaban J connectivity index is 1.66. The smallest absolute Gasteiger partial charge is 0.316 e. The van der Waals surface area contributed by atoms with Gasteiger partial charge in [0.2, 0.25) is 0 Å². The molecule has 0 bridgehead atoms. The van der Waals surface area contributed by atoms with Crippen molar-refractivity contribution in [3.63, 3.8) is 0 Å². The molecule has 6 nitrogen and oxygen atoms in total. The fraction of sp³-hybridized carbons (Fsp3) is 0.389. The SMILES string of the molecule is COc1ncc(C(=O)N2CCN(c3cccc(C)c3C)CC2)cn1. The van der Waals surface area contributed by atoms with Gasteiger partial charge in [-0.05, 0) is 31.0 Å². The second kappa shape index (κ2) is 6.86. The molecular weight excluding hydrogens is 304 g/mol. The maximum absolute atomic E-state index is 12.6. The van der Waals surface area contributed by atoms with E-state index in [0.29, 0.717) is 18.7 Å². The third-order valence-electron chi connectivity index (χ3n) is 4.54. The van der Waals surface area contributed by atoms with E-state index in [0.717, 1.165) is 13.1 Å². The summed E-state index contributed by atoms with van der Waals surface area (Å²) < 4.78 is 4.92. The first-order valence-corrected chi connectivity index (χ1v) is 8.06. The van der Waals surface area contributed by atoms with Crippen LogP contribution in [0.3, 0.4) is 0 Å². The summed E-state index contributed by atoms with van der Waals surface area (Å²) in [6.45, 7) is 7.32. The first-order chi connectivity index (χ1) is 11.6. The zero-order valence-electron chi connectivity index (χ0n) is 14.3. The van der Waals surface area contributed by atoms with Gasteiger partial charge in [0.15, 0.2) is 0 Å². The van der Waals surface area contributed by atoms with Gasteiger partial charge in [-0.15, -0.1) is 0 Å². The molecule has 126 valence electrons. The van der Waals surface area contributed by atoms with Crippen LogP contribution in [0.25, 0.3) is 0 Å². The first kappa shape index (κ1) is 16.2. The summed E-state index contributed by atoms with van der Waals surface area (Å²) in [5.74, 6) is -0.0294. The molecule has 0 unspecified atom stereocenters. The van der Waals surface area contributed by atoms with Crippen molar-refractivity contribution in [3.8, 4) is 6.01 Å². The number of aromatic nitrogens is 2. The van der Waals surface area contributed by atoms with E-state index in [9.17, 15) is 4.79 Å². The number of hydrogen-bond donors (Lipinski definition) is 0. The van der Waals surface area contributed by atoms with Crippen LogP contribution in [0.15, 0.2) is 30.6 Å². The van der Waals surface area contributed by atoms with Gasteiger partial charge in [0.05, 0.1) is 12.7 Å². The molecule has 0 aliphatic carbocycles. The Labute approximate surface area is 142 Å². The molecule has 2 aromatic rings. The number of benzene rings is 1. The Morgan fingerprint density at radius 2 is 1.75 bits per heavy atom. The van der Waals surface area contributed by atoms with Crippen LogP contribution in [0.4, 0.5) is 5.69 Å². The van der Waals surface area contributed by atoms with Gasteiger partial charge in [0, 0.05) is 44.3 Å². The van der Waals surface area contributed by atoms with Crippen LogP contribution in [0.2, 0.25) is 0 Å². The van der Waals surface area contributed by atoms with E-state index in [1.807, 2.05) is 4.90 Å². The Kier molecular flexibility index (Phi) is 4.64. The number of hydrogen-bond acceptors (Lipinski definition) is 5. The second-order valence-electron chi connectivity index (χ2n) is 5.96. The Morgan fingerprint density at radius 3 is 2.38 bits per heavy atom. The number of amides is 1. The quantitative estimate of drug-likeness (QED) is 0.864. The van der Waals surface area contributed by atoms with E-state index < -0.39 is 0 Å². The van der Waals surface area contributed by atoms with Gasteiger partial charge in [-0.2, -0.15) is 0 Å². The lowest BCUT2D eigenvalue weighted by molar-refractivity contribution is 0.0745. The Hall–Kier alpha value is -2.63. The highest BCUT2D eigenvalue weighted by Crippen LogP contribution is 2.24. The van der Waals surface area contributed by atoms with Crippen molar-refractivity contribution in [2.75, 3.05) is 38.2 Å². The molecule has 0 atom stereocenters. The van der Waals surface area contributed by atoms with Crippen LogP contribution in [-0.2, 0) is 0 Å². The maximum atomic E-state index is 12.6. The second-order valence-corrected chi connectivity index (χ2v) is 5.96.